The number of Topliss-reactive ketones (excluding diaryl/α,β-unsaturated/α-hetero) is 1. The van der Waals surface area contributed by atoms with Crippen LogP contribution in [-0.2, 0) is 9.47 Å². The first kappa shape index (κ1) is 15.9. The summed E-state index contributed by atoms with van der Waals surface area (Å²) in [5, 5.41) is 0. The number of carbonyl (C=O) groups is 2. The van der Waals surface area contributed by atoms with E-state index in [1.807, 2.05) is 0 Å². The van der Waals surface area contributed by atoms with Crippen LogP contribution >= 0.6 is 0 Å². The fourth-order valence-corrected chi connectivity index (χ4v) is 1.46. The van der Waals surface area contributed by atoms with Crippen LogP contribution in [-0.4, -0.2) is 38.7 Å². The van der Waals surface area contributed by atoms with E-state index >= 15 is 0 Å². The molecule has 5 heteroatoms. The summed E-state index contributed by atoms with van der Waals surface area (Å²) in [7, 11) is 1.52. The Morgan fingerprint density at radius 3 is 2.50 bits per heavy atom. The largest absolute Gasteiger partial charge is 0.490 e. The highest BCUT2D eigenvalue weighted by atomic mass is 16.6. The Kier molecular flexibility index (Phi) is 6.46. The van der Waals surface area contributed by atoms with Crippen LogP contribution in [0.4, 0.5) is 0 Å². The van der Waals surface area contributed by atoms with Gasteiger partial charge in [0, 0.05) is 12.7 Å². The topological polar surface area (TPSA) is 61.8 Å². The molecule has 20 heavy (non-hydrogen) atoms. The van der Waals surface area contributed by atoms with Gasteiger partial charge >= 0.3 is 5.97 Å². The van der Waals surface area contributed by atoms with Crippen LogP contribution in [0.1, 0.15) is 27.6 Å². The molecule has 0 aromatic heterocycles. The Morgan fingerprint density at radius 2 is 1.90 bits per heavy atom. The van der Waals surface area contributed by atoms with Gasteiger partial charge in [0.05, 0.1) is 12.2 Å². The van der Waals surface area contributed by atoms with E-state index in [2.05, 4.69) is 6.58 Å². The Balaban J connectivity index is 2.92. The summed E-state index contributed by atoms with van der Waals surface area (Å²) in [6.45, 7) is 5.73. The van der Waals surface area contributed by atoms with Crippen LogP contribution in [0, 0.1) is 0 Å². The fourth-order valence-electron chi connectivity index (χ4n) is 1.46. The number of rotatable bonds is 8. The minimum absolute atomic E-state index is 0.153. The van der Waals surface area contributed by atoms with Gasteiger partial charge in [-0.15, -0.1) is 0 Å². The Hall–Kier alpha value is -2.14. The number of hydrogen-bond acceptors (Lipinski definition) is 5. The molecular weight excluding hydrogens is 260 g/mol. The van der Waals surface area contributed by atoms with Crippen LogP contribution < -0.4 is 4.74 Å². The third-order valence-electron chi connectivity index (χ3n) is 2.44. The van der Waals surface area contributed by atoms with Crippen molar-refractivity contribution < 1.29 is 23.8 Å². The first-order valence-corrected chi connectivity index (χ1v) is 6.14. The van der Waals surface area contributed by atoms with E-state index in [1.165, 1.54) is 26.2 Å². The molecule has 0 amide bonds. The Bertz CT molecular complexity index is 493. The number of hydrogen-bond donors (Lipinski definition) is 0. The number of ketones is 1. The van der Waals surface area contributed by atoms with E-state index in [-0.39, 0.29) is 18.0 Å². The van der Waals surface area contributed by atoms with Crippen molar-refractivity contribution in [2.24, 2.45) is 0 Å². The predicted molar refractivity (Wildman–Crippen MR) is 74.3 cm³/mol. The van der Waals surface area contributed by atoms with E-state index in [0.717, 1.165) is 0 Å². The lowest BCUT2D eigenvalue weighted by atomic mass is 10.1. The summed E-state index contributed by atoms with van der Waals surface area (Å²) in [4.78, 5) is 23.3. The van der Waals surface area contributed by atoms with Crippen molar-refractivity contribution in [1.29, 1.82) is 0 Å². The second kappa shape index (κ2) is 8.12. The van der Waals surface area contributed by atoms with Gasteiger partial charge in [0.2, 0.25) is 0 Å². The molecular formula is C15H18O5. The summed E-state index contributed by atoms with van der Waals surface area (Å²) in [6.07, 6.45) is 1.58. The zero-order valence-electron chi connectivity index (χ0n) is 11.7. The standard InChI is InChI=1S/C15H18O5/c1-4-5-19-14-9-12(11(2)16)8-13(10-14)15(17)20-7-6-18-3/h4,8-10H,1,5-7H2,2-3H3. The van der Waals surface area contributed by atoms with Gasteiger partial charge in [-0.05, 0) is 25.1 Å². The van der Waals surface area contributed by atoms with Crippen molar-refractivity contribution in [1.82, 2.24) is 0 Å². The number of ether oxygens (including phenoxy) is 3. The lowest BCUT2D eigenvalue weighted by molar-refractivity contribution is 0.0387. The molecule has 0 aliphatic rings. The quantitative estimate of drug-likeness (QED) is 0.316. The van der Waals surface area contributed by atoms with E-state index in [9.17, 15) is 9.59 Å². The van der Waals surface area contributed by atoms with Gasteiger partial charge in [0.15, 0.2) is 5.78 Å². The second-order valence-electron chi connectivity index (χ2n) is 4.03. The summed E-state index contributed by atoms with van der Waals surface area (Å²) in [6, 6.07) is 4.60. The van der Waals surface area contributed by atoms with Gasteiger partial charge in [-0.3, -0.25) is 4.79 Å². The molecule has 108 valence electrons. The van der Waals surface area contributed by atoms with Crippen molar-refractivity contribution in [3.63, 3.8) is 0 Å². The Labute approximate surface area is 118 Å². The highest BCUT2D eigenvalue weighted by Gasteiger charge is 2.12. The van der Waals surface area contributed by atoms with Crippen molar-refractivity contribution in [2.45, 2.75) is 6.92 Å². The van der Waals surface area contributed by atoms with Crippen LogP contribution in [0.15, 0.2) is 30.9 Å². The predicted octanol–water partition coefficient (Wildman–Crippen LogP) is 2.26. The third kappa shape index (κ3) is 4.85. The molecule has 0 aliphatic carbocycles. The van der Waals surface area contributed by atoms with Crippen LogP contribution in [0.5, 0.6) is 5.75 Å². The molecule has 0 heterocycles. The summed E-state index contributed by atoms with van der Waals surface area (Å²) in [5.74, 6) is -0.245. The maximum Gasteiger partial charge on any atom is 0.338 e. The molecule has 5 nitrogen and oxygen atoms in total. The van der Waals surface area contributed by atoms with E-state index < -0.39 is 5.97 Å². The first-order valence-electron chi connectivity index (χ1n) is 6.14. The molecule has 0 radical (unpaired) electrons. The van der Waals surface area contributed by atoms with Crippen molar-refractivity contribution in [3.05, 3.63) is 42.0 Å². The zero-order chi connectivity index (χ0) is 15.0. The highest BCUT2D eigenvalue weighted by Crippen LogP contribution is 2.19. The molecule has 0 fully saturated rings. The lowest BCUT2D eigenvalue weighted by Gasteiger charge is -2.09. The maximum atomic E-state index is 11.9. The molecule has 0 saturated carbocycles. The number of carbonyl (C=O) groups excluding carboxylic acids is 2. The maximum absolute atomic E-state index is 11.9. The minimum atomic E-state index is -0.520. The van der Waals surface area contributed by atoms with E-state index in [4.69, 9.17) is 14.2 Å². The third-order valence-corrected chi connectivity index (χ3v) is 2.44. The highest BCUT2D eigenvalue weighted by molar-refractivity contribution is 5.98. The number of benzene rings is 1. The molecule has 1 aromatic rings. The molecule has 0 aliphatic heterocycles. The molecule has 0 unspecified atom stereocenters. The zero-order valence-corrected chi connectivity index (χ0v) is 11.7. The summed E-state index contributed by atoms with van der Waals surface area (Å²) in [5.41, 5.74) is 0.665. The number of methoxy groups -OCH3 is 1. The molecule has 0 bridgehead atoms. The van der Waals surface area contributed by atoms with Gasteiger partial charge in [-0.1, -0.05) is 12.7 Å². The van der Waals surface area contributed by atoms with Crippen molar-refractivity contribution in [3.8, 4) is 5.75 Å². The first-order chi connectivity index (χ1) is 9.58. The normalized spacial score (nSPS) is 9.90. The fraction of sp³-hybridized carbons (Fsp3) is 0.333. The van der Waals surface area contributed by atoms with Crippen LogP contribution in [0.3, 0.4) is 0 Å². The molecule has 1 rings (SSSR count). The van der Waals surface area contributed by atoms with Crippen LogP contribution in [0.25, 0.3) is 0 Å². The van der Waals surface area contributed by atoms with Gasteiger partial charge in [0.25, 0.3) is 0 Å². The smallest absolute Gasteiger partial charge is 0.338 e. The minimum Gasteiger partial charge on any atom is -0.490 e. The van der Waals surface area contributed by atoms with Crippen molar-refractivity contribution >= 4 is 11.8 Å². The molecule has 0 spiro atoms. The summed E-state index contributed by atoms with van der Waals surface area (Å²) < 4.78 is 15.2. The van der Waals surface area contributed by atoms with E-state index in [0.29, 0.717) is 24.5 Å². The van der Waals surface area contributed by atoms with Gasteiger partial charge in [0.1, 0.15) is 19.0 Å². The SMILES string of the molecule is C=CCOc1cc(C(C)=O)cc(C(=O)OCCOC)c1. The molecule has 0 atom stereocenters. The Morgan fingerprint density at radius 1 is 1.20 bits per heavy atom. The number of esters is 1. The monoisotopic (exact) mass is 278 g/mol. The van der Waals surface area contributed by atoms with Gasteiger partial charge in [-0.2, -0.15) is 0 Å². The van der Waals surface area contributed by atoms with Crippen LogP contribution in [0.2, 0.25) is 0 Å². The lowest BCUT2D eigenvalue weighted by Crippen LogP contribution is -2.11. The second-order valence-corrected chi connectivity index (χ2v) is 4.03. The van der Waals surface area contributed by atoms with Gasteiger partial charge < -0.3 is 14.2 Å². The van der Waals surface area contributed by atoms with E-state index in [1.54, 1.807) is 12.1 Å². The summed E-state index contributed by atoms with van der Waals surface area (Å²) >= 11 is 0. The molecule has 0 saturated heterocycles. The average molecular weight is 278 g/mol. The molecule has 1 aromatic carbocycles. The van der Waals surface area contributed by atoms with Crippen molar-refractivity contribution in [2.75, 3.05) is 26.9 Å². The molecule has 0 N–H and O–H groups in total. The van der Waals surface area contributed by atoms with Gasteiger partial charge in [-0.25, -0.2) is 4.79 Å². The average Bonchev–Trinajstić information content (AvgIpc) is 2.44.